The highest BCUT2D eigenvalue weighted by molar-refractivity contribution is 5.85. The Morgan fingerprint density at radius 2 is 2.11 bits per heavy atom. The predicted octanol–water partition coefficient (Wildman–Crippen LogP) is 2.29. The number of carbonyl (C=O) groups is 1. The first-order valence-corrected chi connectivity index (χ1v) is 6.16. The normalized spacial score (nSPS) is 15.8. The maximum Gasteiger partial charge on any atom is 0.309 e. The summed E-state index contributed by atoms with van der Waals surface area (Å²) < 4.78 is 4.69. The zero-order valence-electron chi connectivity index (χ0n) is 10.6. The Bertz CT molecular complexity index is 389. The Hall–Kier alpha value is -1.06. The second kappa shape index (κ2) is 7.39. The van der Waals surface area contributed by atoms with Crippen LogP contribution in [0, 0.1) is 0 Å². The number of halogens is 1. The summed E-state index contributed by atoms with van der Waals surface area (Å²) in [5.41, 5.74) is 2.40. The number of carbonyl (C=O) groups excluding carboxylic acids is 1. The van der Waals surface area contributed by atoms with Crippen LogP contribution in [0.2, 0.25) is 0 Å². The van der Waals surface area contributed by atoms with Crippen LogP contribution in [-0.4, -0.2) is 26.2 Å². The van der Waals surface area contributed by atoms with Crippen LogP contribution in [0.5, 0.6) is 0 Å². The summed E-state index contributed by atoms with van der Waals surface area (Å²) >= 11 is 0. The summed E-state index contributed by atoms with van der Waals surface area (Å²) in [4.78, 5) is 11.2. The lowest BCUT2D eigenvalue weighted by molar-refractivity contribution is -0.139. The summed E-state index contributed by atoms with van der Waals surface area (Å²) in [5, 5.41) is 3.37. The number of nitrogens with one attached hydrogen (secondary N) is 1. The van der Waals surface area contributed by atoms with E-state index in [2.05, 4.69) is 17.4 Å². The molecule has 0 spiro atoms. The molecular formula is C14H20ClNO2. The van der Waals surface area contributed by atoms with E-state index in [0.29, 0.717) is 12.3 Å². The number of esters is 1. The topological polar surface area (TPSA) is 38.3 Å². The van der Waals surface area contributed by atoms with Crippen LogP contribution in [0.15, 0.2) is 24.3 Å². The molecule has 18 heavy (non-hydrogen) atoms. The molecule has 1 aliphatic rings. The fourth-order valence-electron chi connectivity index (χ4n) is 2.35. The maximum absolute atomic E-state index is 11.2. The van der Waals surface area contributed by atoms with Crippen molar-refractivity contribution in [3.63, 3.8) is 0 Å². The second-order valence-electron chi connectivity index (χ2n) is 4.52. The van der Waals surface area contributed by atoms with Gasteiger partial charge in [0, 0.05) is 0 Å². The van der Waals surface area contributed by atoms with Gasteiger partial charge in [-0.2, -0.15) is 0 Å². The van der Waals surface area contributed by atoms with Crippen molar-refractivity contribution in [3.05, 3.63) is 35.4 Å². The molecule has 2 rings (SSSR count). The molecular weight excluding hydrogens is 250 g/mol. The monoisotopic (exact) mass is 269 g/mol. The van der Waals surface area contributed by atoms with Gasteiger partial charge in [-0.3, -0.25) is 4.79 Å². The average Bonchev–Trinajstić information content (AvgIpc) is 2.40. The lowest BCUT2D eigenvalue weighted by Gasteiger charge is -2.23. The maximum atomic E-state index is 11.2. The van der Waals surface area contributed by atoms with Gasteiger partial charge in [0.05, 0.1) is 13.5 Å². The molecule has 1 heterocycles. The molecule has 100 valence electrons. The first-order valence-electron chi connectivity index (χ1n) is 6.16. The fourth-order valence-corrected chi connectivity index (χ4v) is 2.35. The summed E-state index contributed by atoms with van der Waals surface area (Å²) in [6.07, 6.45) is 2.73. The summed E-state index contributed by atoms with van der Waals surface area (Å²) in [6.45, 7) is 2.18. The van der Waals surface area contributed by atoms with E-state index in [4.69, 9.17) is 4.74 Å². The highest BCUT2D eigenvalue weighted by Crippen LogP contribution is 2.25. The molecule has 1 aromatic rings. The SMILES string of the molecule is COC(=O)Cc1cccc(C2CCNCC2)c1.Cl. The number of hydrogen-bond donors (Lipinski definition) is 1. The van der Waals surface area contributed by atoms with Crippen LogP contribution < -0.4 is 5.32 Å². The number of rotatable bonds is 3. The zero-order chi connectivity index (χ0) is 12.1. The summed E-state index contributed by atoms with van der Waals surface area (Å²) in [5.74, 6) is 0.460. The van der Waals surface area contributed by atoms with Crippen LogP contribution in [0.25, 0.3) is 0 Å². The Morgan fingerprint density at radius 1 is 1.39 bits per heavy atom. The molecule has 1 saturated heterocycles. The standard InChI is InChI=1S/C14H19NO2.ClH/c1-17-14(16)10-11-3-2-4-13(9-11)12-5-7-15-8-6-12;/h2-4,9,12,15H,5-8,10H2,1H3;1H. The molecule has 3 nitrogen and oxygen atoms in total. The van der Waals surface area contributed by atoms with Crippen molar-refractivity contribution in [1.82, 2.24) is 5.32 Å². The molecule has 1 N–H and O–H groups in total. The molecule has 0 aliphatic carbocycles. The van der Waals surface area contributed by atoms with Crippen molar-refractivity contribution in [1.29, 1.82) is 0 Å². The Kier molecular flexibility index (Phi) is 6.16. The van der Waals surface area contributed by atoms with E-state index >= 15 is 0 Å². The van der Waals surface area contributed by atoms with Crippen molar-refractivity contribution in [2.24, 2.45) is 0 Å². The summed E-state index contributed by atoms with van der Waals surface area (Å²) in [6, 6.07) is 8.33. The molecule has 0 radical (unpaired) electrons. The molecule has 1 fully saturated rings. The van der Waals surface area contributed by atoms with Gasteiger partial charge in [0.2, 0.25) is 0 Å². The minimum absolute atomic E-state index is 0. The van der Waals surface area contributed by atoms with Crippen molar-refractivity contribution >= 4 is 18.4 Å². The molecule has 1 aliphatic heterocycles. The first-order chi connectivity index (χ1) is 8.29. The highest BCUT2D eigenvalue weighted by atomic mass is 35.5. The Balaban J connectivity index is 0.00000162. The van der Waals surface area contributed by atoms with Crippen LogP contribution >= 0.6 is 12.4 Å². The largest absolute Gasteiger partial charge is 0.469 e. The molecule has 0 saturated carbocycles. The highest BCUT2D eigenvalue weighted by Gasteiger charge is 2.15. The molecule has 0 bridgehead atoms. The van der Waals surface area contributed by atoms with E-state index in [0.717, 1.165) is 18.7 Å². The lowest BCUT2D eigenvalue weighted by Crippen LogP contribution is -2.26. The molecule has 0 unspecified atom stereocenters. The van der Waals surface area contributed by atoms with Gasteiger partial charge in [-0.05, 0) is 43.0 Å². The van der Waals surface area contributed by atoms with Gasteiger partial charge in [-0.15, -0.1) is 12.4 Å². The van der Waals surface area contributed by atoms with Crippen molar-refractivity contribution < 1.29 is 9.53 Å². The van der Waals surface area contributed by atoms with E-state index in [-0.39, 0.29) is 18.4 Å². The number of benzene rings is 1. The third kappa shape index (κ3) is 4.00. The van der Waals surface area contributed by atoms with E-state index in [1.54, 1.807) is 0 Å². The third-order valence-corrected chi connectivity index (χ3v) is 3.34. The number of hydrogen-bond acceptors (Lipinski definition) is 3. The second-order valence-corrected chi connectivity index (χ2v) is 4.52. The van der Waals surface area contributed by atoms with E-state index in [9.17, 15) is 4.79 Å². The van der Waals surface area contributed by atoms with Crippen LogP contribution in [0.4, 0.5) is 0 Å². The Morgan fingerprint density at radius 3 is 2.78 bits per heavy atom. The van der Waals surface area contributed by atoms with E-state index in [1.807, 2.05) is 12.1 Å². The zero-order valence-corrected chi connectivity index (χ0v) is 11.5. The fraction of sp³-hybridized carbons (Fsp3) is 0.500. The third-order valence-electron chi connectivity index (χ3n) is 3.34. The minimum atomic E-state index is -0.174. The van der Waals surface area contributed by atoms with Crippen molar-refractivity contribution in [2.75, 3.05) is 20.2 Å². The van der Waals surface area contributed by atoms with Crippen LogP contribution in [0.1, 0.15) is 29.9 Å². The number of ether oxygens (including phenoxy) is 1. The quantitative estimate of drug-likeness (QED) is 0.856. The van der Waals surface area contributed by atoms with Gasteiger partial charge < -0.3 is 10.1 Å². The lowest BCUT2D eigenvalue weighted by atomic mass is 9.89. The Labute approximate surface area is 114 Å². The summed E-state index contributed by atoms with van der Waals surface area (Å²) in [7, 11) is 1.43. The van der Waals surface area contributed by atoms with Gasteiger partial charge in [-0.25, -0.2) is 0 Å². The smallest absolute Gasteiger partial charge is 0.309 e. The van der Waals surface area contributed by atoms with Gasteiger partial charge in [0.1, 0.15) is 0 Å². The molecule has 4 heteroatoms. The predicted molar refractivity (Wildman–Crippen MR) is 74.3 cm³/mol. The van der Waals surface area contributed by atoms with Gasteiger partial charge in [0.25, 0.3) is 0 Å². The molecule has 0 aromatic heterocycles. The van der Waals surface area contributed by atoms with Gasteiger partial charge in [-0.1, -0.05) is 24.3 Å². The average molecular weight is 270 g/mol. The van der Waals surface area contributed by atoms with Crippen molar-refractivity contribution in [3.8, 4) is 0 Å². The van der Waals surface area contributed by atoms with Crippen LogP contribution in [0.3, 0.4) is 0 Å². The van der Waals surface area contributed by atoms with Gasteiger partial charge in [0.15, 0.2) is 0 Å². The van der Waals surface area contributed by atoms with Crippen LogP contribution in [-0.2, 0) is 16.0 Å². The van der Waals surface area contributed by atoms with E-state index < -0.39 is 0 Å². The van der Waals surface area contributed by atoms with Crippen molar-refractivity contribution in [2.45, 2.75) is 25.2 Å². The van der Waals surface area contributed by atoms with Gasteiger partial charge >= 0.3 is 5.97 Å². The molecule has 0 atom stereocenters. The number of methoxy groups -OCH3 is 1. The first kappa shape index (κ1) is 15.0. The minimum Gasteiger partial charge on any atom is -0.469 e. The molecule has 0 amide bonds. The molecule has 1 aromatic carbocycles. The number of piperidine rings is 1. The van der Waals surface area contributed by atoms with E-state index in [1.165, 1.54) is 25.5 Å².